The second-order valence-electron chi connectivity index (χ2n) is 9.60. The number of hydrogen-bond acceptors (Lipinski definition) is 6. The third kappa shape index (κ3) is 10.7. The first kappa shape index (κ1) is 26.0. The van der Waals surface area contributed by atoms with E-state index in [9.17, 15) is 14.4 Å². The Morgan fingerprint density at radius 3 is 1.93 bits per heavy atom. The van der Waals surface area contributed by atoms with E-state index in [4.69, 9.17) is 9.47 Å². The molecule has 1 atom stereocenters. The maximum absolute atomic E-state index is 13.1. The van der Waals surface area contributed by atoms with Crippen LogP contribution in [0, 0.1) is 0 Å². The Bertz CT molecular complexity index is 575. The van der Waals surface area contributed by atoms with Crippen LogP contribution in [0.25, 0.3) is 0 Å². The average Bonchev–Trinajstić information content (AvgIpc) is 2.60. The molecule has 0 aromatic heterocycles. The van der Waals surface area contributed by atoms with E-state index in [1.54, 1.807) is 46.4 Å². The number of carbonyl (C=O) groups is 3. The van der Waals surface area contributed by atoms with Gasteiger partial charge in [-0.1, -0.05) is 13.3 Å². The van der Waals surface area contributed by atoms with Gasteiger partial charge in [0.2, 0.25) is 5.91 Å². The number of alkyl carbamates (subject to hydrolysis) is 2. The number of piperazine rings is 1. The minimum atomic E-state index is -0.936. The fraction of sp³-hybridized carbons (Fsp3) is 0.857. The van der Waals surface area contributed by atoms with Crippen LogP contribution in [0.5, 0.6) is 0 Å². The molecule has 1 fully saturated rings. The number of nitrogens with one attached hydrogen (secondary N) is 2. The summed E-state index contributed by atoms with van der Waals surface area (Å²) in [7, 11) is 0. The molecular formula is C21H40N4O5. The lowest BCUT2D eigenvalue weighted by molar-refractivity contribution is -0.135. The number of unbranched alkanes of at least 4 members (excludes halogenated alkanes) is 1. The zero-order valence-electron chi connectivity index (χ0n) is 19.7. The Kier molecular flexibility index (Phi) is 9.87. The zero-order chi connectivity index (χ0) is 22.9. The molecule has 9 nitrogen and oxygen atoms in total. The second kappa shape index (κ2) is 11.4. The minimum Gasteiger partial charge on any atom is -0.444 e. The summed E-state index contributed by atoms with van der Waals surface area (Å²) in [4.78, 5) is 41.4. The molecular weight excluding hydrogens is 388 g/mol. The number of carbonyl (C=O) groups excluding carboxylic acids is 3. The van der Waals surface area contributed by atoms with Crippen molar-refractivity contribution in [2.24, 2.45) is 0 Å². The van der Waals surface area contributed by atoms with Gasteiger partial charge in [-0.25, -0.2) is 9.59 Å². The van der Waals surface area contributed by atoms with Gasteiger partial charge in [0.1, 0.15) is 17.2 Å². The van der Waals surface area contributed by atoms with Gasteiger partial charge in [0.25, 0.3) is 0 Å². The molecule has 0 spiro atoms. The van der Waals surface area contributed by atoms with Crippen LogP contribution in [0.15, 0.2) is 0 Å². The fourth-order valence-electron chi connectivity index (χ4n) is 2.94. The molecule has 0 aromatic carbocycles. The molecule has 0 aliphatic carbocycles. The van der Waals surface area contributed by atoms with E-state index in [1.165, 1.54) is 0 Å². The maximum atomic E-state index is 13.1. The second-order valence-corrected chi connectivity index (χ2v) is 9.60. The minimum absolute atomic E-state index is 0.0803. The van der Waals surface area contributed by atoms with Crippen LogP contribution in [-0.4, -0.2) is 84.4 Å². The van der Waals surface area contributed by atoms with Crippen molar-refractivity contribution < 1.29 is 23.9 Å². The number of rotatable bonds is 7. The highest BCUT2D eigenvalue weighted by atomic mass is 16.6. The lowest BCUT2D eigenvalue weighted by atomic mass is 10.2. The first-order valence-corrected chi connectivity index (χ1v) is 10.8. The predicted molar refractivity (Wildman–Crippen MR) is 115 cm³/mol. The number of nitrogens with zero attached hydrogens (tertiary/aromatic N) is 2. The Balaban J connectivity index is 2.72. The van der Waals surface area contributed by atoms with Crippen molar-refractivity contribution in [2.45, 2.75) is 78.6 Å². The van der Waals surface area contributed by atoms with E-state index < -0.39 is 29.4 Å². The molecule has 1 heterocycles. The summed E-state index contributed by atoms with van der Waals surface area (Å²) in [6.45, 7) is 16.4. The Labute approximate surface area is 180 Å². The van der Waals surface area contributed by atoms with Crippen molar-refractivity contribution in [1.82, 2.24) is 20.4 Å². The summed E-state index contributed by atoms with van der Waals surface area (Å²) in [5.41, 5.74) is -1.35. The van der Waals surface area contributed by atoms with Crippen LogP contribution in [0.2, 0.25) is 0 Å². The van der Waals surface area contributed by atoms with Gasteiger partial charge >= 0.3 is 12.2 Å². The van der Waals surface area contributed by atoms with E-state index in [-0.39, 0.29) is 12.5 Å². The van der Waals surface area contributed by atoms with Gasteiger partial charge in [-0.3, -0.25) is 9.69 Å². The first-order chi connectivity index (χ1) is 13.8. The number of ether oxygens (including phenoxy) is 2. The molecule has 0 bridgehead atoms. The molecule has 1 aliphatic heterocycles. The van der Waals surface area contributed by atoms with Crippen LogP contribution in [0.3, 0.4) is 0 Å². The quantitative estimate of drug-likeness (QED) is 0.646. The molecule has 0 unspecified atom stereocenters. The molecule has 1 aliphatic rings. The van der Waals surface area contributed by atoms with Crippen LogP contribution in [0.1, 0.15) is 61.3 Å². The van der Waals surface area contributed by atoms with Gasteiger partial charge in [-0.15, -0.1) is 0 Å². The lowest BCUT2D eigenvalue weighted by Gasteiger charge is -2.36. The summed E-state index contributed by atoms with van der Waals surface area (Å²) in [5.74, 6) is -0.243. The lowest BCUT2D eigenvalue weighted by Crippen LogP contribution is -2.58. The third-order valence-electron chi connectivity index (χ3n) is 4.35. The zero-order valence-corrected chi connectivity index (χ0v) is 19.7. The maximum Gasteiger partial charge on any atom is 0.408 e. The highest BCUT2D eigenvalue weighted by Gasteiger charge is 2.31. The predicted octanol–water partition coefficient (Wildman–Crippen LogP) is 2.35. The summed E-state index contributed by atoms with van der Waals surface area (Å²) in [6, 6.07) is -0.936. The molecule has 174 valence electrons. The SMILES string of the molecule is CCCCN1CCN(C(=O)[C@@H](CNC(=O)OC(C)(C)C)NC(=O)OC(C)(C)C)CC1. The van der Waals surface area contributed by atoms with Crippen molar-refractivity contribution in [3.63, 3.8) is 0 Å². The number of amides is 3. The molecule has 0 saturated carbocycles. The normalized spacial score (nSPS) is 16.6. The van der Waals surface area contributed by atoms with Gasteiger partial charge in [-0.05, 0) is 54.5 Å². The molecule has 30 heavy (non-hydrogen) atoms. The Morgan fingerprint density at radius 1 is 0.900 bits per heavy atom. The summed E-state index contributed by atoms with van der Waals surface area (Å²) in [5, 5.41) is 5.17. The summed E-state index contributed by atoms with van der Waals surface area (Å²) < 4.78 is 10.5. The first-order valence-electron chi connectivity index (χ1n) is 10.8. The van der Waals surface area contributed by atoms with Crippen molar-refractivity contribution in [3.05, 3.63) is 0 Å². The van der Waals surface area contributed by atoms with Gasteiger partial charge in [0.05, 0.1) is 6.54 Å². The third-order valence-corrected chi connectivity index (χ3v) is 4.35. The van der Waals surface area contributed by atoms with Gasteiger partial charge in [-0.2, -0.15) is 0 Å². The molecule has 1 rings (SSSR count). The van der Waals surface area contributed by atoms with Crippen molar-refractivity contribution >= 4 is 18.1 Å². The fourth-order valence-corrected chi connectivity index (χ4v) is 2.94. The van der Waals surface area contributed by atoms with Crippen molar-refractivity contribution in [3.8, 4) is 0 Å². The van der Waals surface area contributed by atoms with Crippen LogP contribution in [-0.2, 0) is 14.3 Å². The van der Waals surface area contributed by atoms with Gasteiger partial charge in [0, 0.05) is 26.2 Å². The van der Waals surface area contributed by atoms with Crippen molar-refractivity contribution in [2.75, 3.05) is 39.3 Å². The molecule has 3 amide bonds. The Morgan fingerprint density at radius 2 is 1.43 bits per heavy atom. The monoisotopic (exact) mass is 428 g/mol. The van der Waals surface area contributed by atoms with E-state index >= 15 is 0 Å². The molecule has 2 N–H and O–H groups in total. The highest BCUT2D eigenvalue weighted by molar-refractivity contribution is 5.86. The summed E-state index contributed by atoms with van der Waals surface area (Å²) in [6.07, 6.45) is 0.928. The summed E-state index contributed by atoms with van der Waals surface area (Å²) >= 11 is 0. The largest absolute Gasteiger partial charge is 0.444 e. The highest BCUT2D eigenvalue weighted by Crippen LogP contribution is 2.10. The topological polar surface area (TPSA) is 100 Å². The number of hydrogen-bond donors (Lipinski definition) is 2. The van der Waals surface area contributed by atoms with E-state index in [1.807, 2.05) is 0 Å². The van der Waals surface area contributed by atoms with E-state index in [0.29, 0.717) is 13.1 Å². The Hall–Kier alpha value is -2.03. The smallest absolute Gasteiger partial charge is 0.408 e. The molecule has 1 saturated heterocycles. The van der Waals surface area contributed by atoms with Gasteiger partial charge in [0.15, 0.2) is 0 Å². The van der Waals surface area contributed by atoms with Crippen LogP contribution >= 0.6 is 0 Å². The molecule has 9 heteroatoms. The average molecular weight is 429 g/mol. The van der Waals surface area contributed by atoms with Gasteiger partial charge < -0.3 is 25.0 Å². The van der Waals surface area contributed by atoms with E-state index in [2.05, 4.69) is 22.5 Å². The van der Waals surface area contributed by atoms with E-state index in [0.717, 1.165) is 32.5 Å². The van der Waals surface area contributed by atoms with Crippen LogP contribution < -0.4 is 10.6 Å². The molecule has 0 radical (unpaired) electrons. The van der Waals surface area contributed by atoms with Crippen molar-refractivity contribution in [1.29, 1.82) is 0 Å². The van der Waals surface area contributed by atoms with Crippen LogP contribution in [0.4, 0.5) is 9.59 Å². The standard InChI is InChI=1S/C21H40N4O5/c1-8-9-10-24-11-13-25(14-12-24)17(26)16(23-19(28)30-21(5,6)7)15-22-18(27)29-20(2,3)4/h16H,8-15H2,1-7H3,(H,22,27)(H,23,28)/t16-/m1/s1. The molecule has 0 aromatic rings.